The van der Waals surface area contributed by atoms with Crippen molar-refractivity contribution in [2.75, 3.05) is 5.43 Å². The largest absolute Gasteiger partial charge is 0.309 e. The first-order valence-corrected chi connectivity index (χ1v) is 15.2. The van der Waals surface area contributed by atoms with Crippen LogP contribution in [0.1, 0.15) is 5.56 Å². The zero-order valence-electron chi connectivity index (χ0n) is 24.4. The van der Waals surface area contributed by atoms with Gasteiger partial charge in [0, 0.05) is 38.4 Å². The van der Waals surface area contributed by atoms with Gasteiger partial charge in [0.15, 0.2) is 0 Å². The summed E-state index contributed by atoms with van der Waals surface area (Å²) in [6.45, 7) is 0. The summed E-state index contributed by atoms with van der Waals surface area (Å²) in [6.07, 6.45) is 7.79. The number of hydrogen-bond donors (Lipinski definition) is 2. The smallest absolute Gasteiger partial charge is 0.0717 e. The first-order valence-electron chi connectivity index (χ1n) is 15.2. The molecule has 1 aliphatic carbocycles. The number of nitrogens with one attached hydrogen (secondary N) is 2. The summed E-state index contributed by atoms with van der Waals surface area (Å²) in [5.41, 5.74) is 12.7. The molecule has 9 rings (SSSR count). The van der Waals surface area contributed by atoms with Gasteiger partial charge in [0.1, 0.15) is 0 Å². The van der Waals surface area contributed by atoms with Gasteiger partial charge in [-0.3, -0.25) is 10.1 Å². The molecule has 0 saturated heterocycles. The third kappa shape index (κ3) is 3.89. The van der Waals surface area contributed by atoms with Gasteiger partial charge < -0.3 is 9.98 Å². The maximum Gasteiger partial charge on any atom is 0.0717 e. The summed E-state index contributed by atoms with van der Waals surface area (Å²) >= 11 is 0. The van der Waals surface area contributed by atoms with Crippen molar-refractivity contribution in [3.05, 3.63) is 169 Å². The molecule has 212 valence electrons. The van der Waals surface area contributed by atoms with Gasteiger partial charge >= 0.3 is 0 Å². The molecule has 0 saturated carbocycles. The van der Waals surface area contributed by atoms with E-state index < -0.39 is 0 Å². The first kappa shape index (κ1) is 25.4. The van der Waals surface area contributed by atoms with Gasteiger partial charge in [0.2, 0.25) is 0 Å². The number of aromatic nitrogens is 2. The molecule has 0 unspecified atom stereocenters. The van der Waals surface area contributed by atoms with E-state index >= 15 is 0 Å². The molecule has 0 amide bonds. The second-order valence-corrected chi connectivity index (χ2v) is 11.5. The minimum absolute atomic E-state index is 0.475. The van der Waals surface area contributed by atoms with E-state index in [1.54, 1.807) is 0 Å². The van der Waals surface area contributed by atoms with E-state index in [0.29, 0.717) is 5.71 Å². The highest BCUT2D eigenvalue weighted by molar-refractivity contribution is 6.25. The topological polar surface area (TPSA) is 45.7 Å². The van der Waals surface area contributed by atoms with Crippen molar-refractivity contribution in [2.45, 2.75) is 0 Å². The van der Waals surface area contributed by atoms with Crippen LogP contribution >= 0.6 is 0 Å². The van der Waals surface area contributed by atoms with Crippen molar-refractivity contribution >= 4 is 65.8 Å². The fourth-order valence-corrected chi connectivity index (χ4v) is 6.92. The van der Waals surface area contributed by atoms with Crippen molar-refractivity contribution in [2.24, 2.45) is 0 Å². The molecule has 2 heterocycles. The Hall–Kier alpha value is -6.13. The summed E-state index contributed by atoms with van der Waals surface area (Å²) in [5, 5.41) is 16.0. The summed E-state index contributed by atoms with van der Waals surface area (Å²) in [4.78, 5) is 0. The molecule has 0 bridgehead atoms. The number of rotatable bonds is 4. The maximum absolute atomic E-state index is 8.82. The first-order chi connectivity index (χ1) is 22.3. The summed E-state index contributed by atoms with van der Waals surface area (Å²) < 4.78 is 4.60. The van der Waals surface area contributed by atoms with Crippen molar-refractivity contribution in [3.63, 3.8) is 0 Å². The fourth-order valence-electron chi connectivity index (χ4n) is 6.92. The van der Waals surface area contributed by atoms with Crippen LogP contribution in [0.2, 0.25) is 0 Å². The average Bonchev–Trinajstić information content (AvgIpc) is 3.59. The van der Waals surface area contributed by atoms with E-state index in [-0.39, 0.29) is 0 Å². The minimum atomic E-state index is 0.475. The number of hydrogen-bond acceptors (Lipinski definition) is 2. The number of fused-ring (bicyclic) bond motifs is 8. The monoisotopic (exact) mass is 576 g/mol. The number of benzene rings is 6. The summed E-state index contributed by atoms with van der Waals surface area (Å²) in [7, 11) is 0. The van der Waals surface area contributed by atoms with Gasteiger partial charge in [-0.1, -0.05) is 115 Å². The van der Waals surface area contributed by atoms with Crippen LogP contribution in [0.4, 0.5) is 0 Å². The number of para-hydroxylation sites is 2. The van der Waals surface area contributed by atoms with Gasteiger partial charge in [-0.2, -0.15) is 0 Å². The van der Waals surface area contributed by atoms with Crippen LogP contribution in [-0.2, 0) is 0 Å². The standard InChI is InChI=1S/C41H28N4/c42-35-21-11-9-20-32(35)41(28-14-3-1-4-15-28)43-45-37-24-23-27-13-7-8-18-30(27)40(37)34-26-38-33(25-39(34)45)31-19-10-12-22-36(31)44(38)29-16-5-2-6-17-29/h1-26,42-43H/b41-32-,42-35?. The zero-order valence-corrected chi connectivity index (χ0v) is 24.4. The highest BCUT2D eigenvalue weighted by atomic mass is 15.4. The molecule has 0 radical (unpaired) electrons. The molecule has 2 aromatic heterocycles. The normalized spacial score (nSPS) is 14.4. The fraction of sp³-hybridized carbons (Fsp3) is 0. The molecule has 45 heavy (non-hydrogen) atoms. The predicted octanol–water partition coefficient (Wildman–Crippen LogP) is 10.1. The Morgan fingerprint density at radius 1 is 0.533 bits per heavy atom. The van der Waals surface area contributed by atoms with Gasteiger partial charge in [-0.05, 0) is 53.2 Å². The lowest BCUT2D eigenvalue weighted by molar-refractivity contribution is 1.06. The van der Waals surface area contributed by atoms with E-state index in [1.165, 1.54) is 43.4 Å². The van der Waals surface area contributed by atoms with Gasteiger partial charge in [0.05, 0.1) is 33.5 Å². The molecule has 4 nitrogen and oxygen atoms in total. The van der Waals surface area contributed by atoms with Gasteiger partial charge in [0.25, 0.3) is 0 Å². The van der Waals surface area contributed by atoms with Crippen LogP contribution < -0.4 is 5.43 Å². The Morgan fingerprint density at radius 2 is 1.22 bits per heavy atom. The summed E-state index contributed by atoms with van der Waals surface area (Å²) in [6, 6.07) is 47.4. The van der Waals surface area contributed by atoms with E-state index in [2.05, 4.69) is 130 Å². The average molecular weight is 577 g/mol. The SMILES string of the molecule is N=C1C=CC=C/C1=C(/Nn1c2cc3c4ccccc4n(-c4ccccc4)c3cc2c2c3ccccc3ccc21)c1ccccc1. The van der Waals surface area contributed by atoms with Gasteiger partial charge in [-0.25, -0.2) is 0 Å². The van der Waals surface area contributed by atoms with Crippen molar-refractivity contribution in [1.29, 1.82) is 5.41 Å². The lowest BCUT2D eigenvalue weighted by atomic mass is 9.99. The molecule has 0 aliphatic heterocycles. The van der Waals surface area contributed by atoms with E-state index in [0.717, 1.165) is 33.6 Å². The van der Waals surface area contributed by atoms with Crippen molar-refractivity contribution < 1.29 is 0 Å². The quantitative estimate of drug-likeness (QED) is 0.215. The lowest BCUT2D eigenvalue weighted by Crippen LogP contribution is -2.17. The Morgan fingerprint density at radius 3 is 2.04 bits per heavy atom. The van der Waals surface area contributed by atoms with Crippen LogP contribution in [0.5, 0.6) is 0 Å². The Balaban J connectivity index is 1.42. The lowest BCUT2D eigenvalue weighted by Gasteiger charge is -2.19. The van der Waals surface area contributed by atoms with Gasteiger partial charge in [-0.15, -0.1) is 0 Å². The molecule has 0 atom stereocenters. The van der Waals surface area contributed by atoms with Crippen molar-refractivity contribution in [1.82, 2.24) is 9.24 Å². The molecular formula is C41H28N4. The van der Waals surface area contributed by atoms with Crippen LogP contribution in [0.15, 0.2) is 163 Å². The van der Waals surface area contributed by atoms with Crippen LogP contribution in [-0.4, -0.2) is 15.0 Å². The van der Waals surface area contributed by atoms with Crippen molar-refractivity contribution in [3.8, 4) is 5.69 Å². The number of nitrogens with zero attached hydrogens (tertiary/aromatic N) is 2. The molecule has 1 aliphatic rings. The molecule has 4 heteroatoms. The van der Waals surface area contributed by atoms with Crippen LogP contribution in [0.25, 0.3) is 65.8 Å². The predicted molar refractivity (Wildman–Crippen MR) is 190 cm³/mol. The third-order valence-corrected chi connectivity index (χ3v) is 8.95. The second-order valence-electron chi connectivity index (χ2n) is 11.5. The maximum atomic E-state index is 8.82. The number of allylic oxidation sites excluding steroid dienone is 5. The highest BCUT2D eigenvalue weighted by Crippen LogP contribution is 2.40. The second kappa shape index (κ2) is 9.97. The van der Waals surface area contributed by atoms with E-state index in [4.69, 9.17) is 5.41 Å². The Kier molecular flexibility index (Phi) is 5.62. The summed E-state index contributed by atoms with van der Waals surface area (Å²) in [5.74, 6) is 0. The van der Waals surface area contributed by atoms with Crippen LogP contribution in [0.3, 0.4) is 0 Å². The zero-order chi connectivity index (χ0) is 29.9. The minimum Gasteiger partial charge on any atom is -0.309 e. The molecular weight excluding hydrogens is 548 g/mol. The Bertz CT molecular complexity index is 2560. The van der Waals surface area contributed by atoms with E-state index in [9.17, 15) is 0 Å². The van der Waals surface area contributed by atoms with E-state index in [1.807, 2.05) is 42.5 Å². The van der Waals surface area contributed by atoms with Crippen LogP contribution in [0, 0.1) is 5.41 Å². The third-order valence-electron chi connectivity index (χ3n) is 8.95. The molecule has 0 fully saturated rings. The Labute approximate surface area is 259 Å². The molecule has 8 aromatic rings. The molecule has 0 spiro atoms. The molecule has 6 aromatic carbocycles. The molecule has 2 N–H and O–H groups in total. The highest BCUT2D eigenvalue weighted by Gasteiger charge is 2.21.